The smallest absolute Gasteiger partial charge is 0.0201 e. The molecule has 0 heterocycles. The molecular weight excluding hydrogens is 134 g/mol. The molecule has 0 aromatic heterocycles. The average Bonchev–Trinajstić information content (AvgIpc) is 1.84. The highest BCUT2D eigenvalue weighted by Gasteiger charge is 2.01. The molecule has 0 aliphatic carbocycles. The van der Waals surface area contributed by atoms with E-state index in [1.165, 1.54) is 11.3 Å². The second-order valence-corrected chi connectivity index (χ2v) is 3.76. The van der Waals surface area contributed by atoms with Crippen molar-refractivity contribution in [2.45, 2.75) is 47.6 Å². The monoisotopic (exact) mass is 155 g/mol. The lowest BCUT2D eigenvalue weighted by atomic mass is 10.0. The molecule has 0 bridgehead atoms. The quantitative estimate of drug-likeness (QED) is 0.660. The van der Waals surface area contributed by atoms with Crippen molar-refractivity contribution in [2.75, 3.05) is 0 Å². The summed E-state index contributed by atoms with van der Waals surface area (Å²) in [6, 6.07) is 0.545. The molecule has 1 N–H and O–H groups in total. The Morgan fingerprint density at radius 3 is 1.73 bits per heavy atom. The Morgan fingerprint density at radius 1 is 1.00 bits per heavy atom. The Bertz CT molecular complexity index is 143. The van der Waals surface area contributed by atoms with Gasteiger partial charge in [0.15, 0.2) is 0 Å². The fourth-order valence-electron chi connectivity index (χ4n) is 0.980. The van der Waals surface area contributed by atoms with Crippen molar-refractivity contribution in [3.63, 3.8) is 0 Å². The zero-order chi connectivity index (χ0) is 9.02. The molecule has 0 saturated heterocycles. The first-order valence-electron chi connectivity index (χ1n) is 4.39. The molecule has 0 aromatic rings. The standard InChI is InChI=1S/C10H21N/c1-7(2)9(5)10(6)11-8(3)4/h7-8,11H,1-6H3/b10-9-. The minimum Gasteiger partial charge on any atom is -0.386 e. The summed E-state index contributed by atoms with van der Waals surface area (Å²) in [5, 5.41) is 3.40. The maximum atomic E-state index is 3.40. The normalized spacial score (nSPS) is 13.8. The third kappa shape index (κ3) is 4.07. The molecular formula is C10H21N. The number of nitrogens with one attached hydrogen (secondary N) is 1. The van der Waals surface area contributed by atoms with Crippen LogP contribution in [-0.2, 0) is 0 Å². The van der Waals surface area contributed by atoms with E-state index < -0.39 is 0 Å². The maximum Gasteiger partial charge on any atom is 0.0201 e. The van der Waals surface area contributed by atoms with Crippen LogP contribution in [0.15, 0.2) is 11.3 Å². The number of allylic oxidation sites excluding steroid dienone is 2. The van der Waals surface area contributed by atoms with Crippen molar-refractivity contribution in [3.05, 3.63) is 11.3 Å². The molecule has 0 rings (SSSR count). The minimum absolute atomic E-state index is 0.545. The van der Waals surface area contributed by atoms with Crippen LogP contribution in [0.25, 0.3) is 0 Å². The van der Waals surface area contributed by atoms with Crippen molar-refractivity contribution in [3.8, 4) is 0 Å². The first kappa shape index (κ1) is 10.5. The van der Waals surface area contributed by atoms with Crippen molar-refractivity contribution >= 4 is 0 Å². The fraction of sp³-hybridized carbons (Fsp3) is 0.800. The van der Waals surface area contributed by atoms with Crippen LogP contribution in [0, 0.1) is 5.92 Å². The van der Waals surface area contributed by atoms with Gasteiger partial charge < -0.3 is 5.32 Å². The summed E-state index contributed by atoms with van der Waals surface area (Å²) in [5.74, 6) is 0.654. The molecule has 1 nitrogen and oxygen atoms in total. The highest BCUT2D eigenvalue weighted by molar-refractivity contribution is 5.10. The summed E-state index contributed by atoms with van der Waals surface area (Å²) in [5.41, 5.74) is 2.79. The van der Waals surface area contributed by atoms with Gasteiger partial charge in [0, 0.05) is 11.7 Å². The van der Waals surface area contributed by atoms with Gasteiger partial charge in [0.25, 0.3) is 0 Å². The maximum absolute atomic E-state index is 3.40. The summed E-state index contributed by atoms with van der Waals surface area (Å²) in [6.45, 7) is 13.1. The molecule has 66 valence electrons. The third-order valence-electron chi connectivity index (χ3n) is 1.96. The van der Waals surface area contributed by atoms with Gasteiger partial charge in [0.05, 0.1) is 0 Å². The molecule has 0 spiro atoms. The number of hydrogen-bond acceptors (Lipinski definition) is 1. The van der Waals surface area contributed by atoms with Crippen LogP contribution in [0.3, 0.4) is 0 Å². The summed E-state index contributed by atoms with van der Waals surface area (Å²) in [4.78, 5) is 0. The van der Waals surface area contributed by atoms with Crippen LogP contribution < -0.4 is 5.32 Å². The van der Waals surface area contributed by atoms with E-state index in [1.807, 2.05) is 0 Å². The second-order valence-electron chi connectivity index (χ2n) is 3.76. The van der Waals surface area contributed by atoms with Crippen molar-refractivity contribution in [2.24, 2.45) is 5.92 Å². The largest absolute Gasteiger partial charge is 0.386 e. The van der Waals surface area contributed by atoms with E-state index in [4.69, 9.17) is 0 Å². The summed E-state index contributed by atoms with van der Waals surface area (Å²) in [7, 11) is 0. The fourth-order valence-corrected chi connectivity index (χ4v) is 0.980. The summed E-state index contributed by atoms with van der Waals surface area (Å²) >= 11 is 0. The lowest BCUT2D eigenvalue weighted by Gasteiger charge is -2.15. The van der Waals surface area contributed by atoms with E-state index in [0.717, 1.165) is 0 Å². The predicted octanol–water partition coefficient (Wildman–Crippen LogP) is 2.93. The van der Waals surface area contributed by atoms with Gasteiger partial charge in [-0.2, -0.15) is 0 Å². The van der Waals surface area contributed by atoms with Crippen molar-refractivity contribution < 1.29 is 0 Å². The van der Waals surface area contributed by atoms with Crippen LogP contribution >= 0.6 is 0 Å². The zero-order valence-corrected chi connectivity index (χ0v) is 8.65. The molecule has 0 atom stereocenters. The van der Waals surface area contributed by atoms with E-state index in [0.29, 0.717) is 12.0 Å². The molecule has 1 heteroatoms. The van der Waals surface area contributed by atoms with Crippen LogP contribution in [0.5, 0.6) is 0 Å². The highest BCUT2D eigenvalue weighted by Crippen LogP contribution is 2.11. The van der Waals surface area contributed by atoms with Gasteiger partial charge in [0.2, 0.25) is 0 Å². The highest BCUT2D eigenvalue weighted by atomic mass is 14.9. The van der Waals surface area contributed by atoms with Crippen LogP contribution in [0.2, 0.25) is 0 Å². The molecule has 0 radical (unpaired) electrons. The van der Waals surface area contributed by atoms with Gasteiger partial charge in [-0.1, -0.05) is 19.4 Å². The van der Waals surface area contributed by atoms with Crippen LogP contribution in [-0.4, -0.2) is 6.04 Å². The predicted molar refractivity (Wildman–Crippen MR) is 51.5 cm³/mol. The molecule has 0 saturated carbocycles. The van der Waals surface area contributed by atoms with Crippen molar-refractivity contribution in [1.82, 2.24) is 5.32 Å². The molecule has 11 heavy (non-hydrogen) atoms. The summed E-state index contributed by atoms with van der Waals surface area (Å²) < 4.78 is 0. The third-order valence-corrected chi connectivity index (χ3v) is 1.96. The Morgan fingerprint density at radius 2 is 1.45 bits per heavy atom. The Balaban J connectivity index is 4.16. The van der Waals surface area contributed by atoms with Gasteiger partial charge in [-0.15, -0.1) is 0 Å². The Kier molecular flexibility index (Phi) is 4.24. The number of rotatable bonds is 3. The molecule has 0 aliphatic heterocycles. The topological polar surface area (TPSA) is 12.0 Å². The molecule has 0 unspecified atom stereocenters. The number of hydrogen-bond donors (Lipinski definition) is 1. The lowest BCUT2D eigenvalue weighted by Crippen LogP contribution is -2.22. The van der Waals surface area contributed by atoms with E-state index in [1.54, 1.807) is 0 Å². The molecule has 0 fully saturated rings. The van der Waals surface area contributed by atoms with E-state index in [-0.39, 0.29) is 0 Å². The van der Waals surface area contributed by atoms with E-state index in [2.05, 4.69) is 46.9 Å². The van der Waals surface area contributed by atoms with Crippen LogP contribution in [0.1, 0.15) is 41.5 Å². The Labute approximate surface area is 70.9 Å². The minimum atomic E-state index is 0.545. The van der Waals surface area contributed by atoms with Crippen molar-refractivity contribution in [1.29, 1.82) is 0 Å². The SMILES string of the molecule is C/C(NC(C)C)=C(\C)C(C)C. The van der Waals surface area contributed by atoms with Gasteiger partial charge in [0.1, 0.15) is 0 Å². The summed E-state index contributed by atoms with van der Waals surface area (Å²) in [6.07, 6.45) is 0. The molecule has 0 aromatic carbocycles. The molecule has 0 amide bonds. The first-order chi connectivity index (χ1) is 4.95. The first-order valence-corrected chi connectivity index (χ1v) is 4.39. The second kappa shape index (κ2) is 4.42. The van der Waals surface area contributed by atoms with Crippen LogP contribution in [0.4, 0.5) is 0 Å². The molecule has 0 aliphatic rings. The van der Waals surface area contributed by atoms with E-state index in [9.17, 15) is 0 Å². The van der Waals surface area contributed by atoms with Gasteiger partial charge >= 0.3 is 0 Å². The van der Waals surface area contributed by atoms with Gasteiger partial charge in [-0.05, 0) is 33.6 Å². The lowest BCUT2D eigenvalue weighted by molar-refractivity contribution is 0.640. The van der Waals surface area contributed by atoms with E-state index >= 15 is 0 Å². The van der Waals surface area contributed by atoms with Gasteiger partial charge in [-0.3, -0.25) is 0 Å². The average molecular weight is 155 g/mol. The Hall–Kier alpha value is -0.460. The van der Waals surface area contributed by atoms with Gasteiger partial charge in [-0.25, -0.2) is 0 Å². The zero-order valence-electron chi connectivity index (χ0n) is 8.65.